The Bertz CT molecular complexity index is 1060. The molecule has 3 aromatic rings. The van der Waals surface area contributed by atoms with E-state index in [0.29, 0.717) is 18.0 Å². The molecule has 0 radical (unpaired) electrons. The van der Waals surface area contributed by atoms with Crippen molar-refractivity contribution in [2.75, 3.05) is 6.61 Å². The smallest absolute Gasteiger partial charge is 0.311 e. The van der Waals surface area contributed by atoms with Gasteiger partial charge in [0.1, 0.15) is 11.5 Å². The van der Waals surface area contributed by atoms with Gasteiger partial charge in [0.05, 0.1) is 6.61 Å². The SMILES string of the molecule is CCCCCCOc1ccc(-c2ncc(-c3ccc(OC(=O)CCCCCC(C)CCC)cc3)cn2)cc1. The van der Waals surface area contributed by atoms with Gasteiger partial charge in [-0.1, -0.05) is 84.3 Å². The Labute approximate surface area is 229 Å². The average Bonchev–Trinajstić information content (AvgIpc) is 2.94. The van der Waals surface area contributed by atoms with Gasteiger partial charge in [-0.2, -0.15) is 0 Å². The van der Waals surface area contributed by atoms with Gasteiger partial charge in [0.2, 0.25) is 0 Å². The minimum Gasteiger partial charge on any atom is -0.494 e. The van der Waals surface area contributed by atoms with Crippen molar-refractivity contribution in [1.82, 2.24) is 9.97 Å². The first-order valence-corrected chi connectivity index (χ1v) is 14.5. The Hall–Kier alpha value is -3.21. The van der Waals surface area contributed by atoms with Crippen LogP contribution in [0.3, 0.4) is 0 Å². The minimum atomic E-state index is -0.167. The lowest BCUT2D eigenvalue weighted by molar-refractivity contribution is -0.134. The van der Waals surface area contributed by atoms with E-state index < -0.39 is 0 Å². The summed E-state index contributed by atoms with van der Waals surface area (Å²) in [6.45, 7) is 7.51. The first-order valence-electron chi connectivity index (χ1n) is 14.5. The van der Waals surface area contributed by atoms with Crippen molar-refractivity contribution in [3.63, 3.8) is 0 Å². The topological polar surface area (TPSA) is 61.3 Å². The van der Waals surface area contributed by atoms with Crippen LogP contribution >= 0.6 is 0 Å². The van der Waals surface area contributed by atoms with Gasteiger partial charge in [0, 0.05) is 29.9 Å². The highest BCUT2D eigenvalue weighted by atomic mass is 16.5. The molecule has 0 amide bonds. The molecule has 0 aliphatic rings. The van der Waals surface area contributed by atoms with Gasteiger partial charge in [0.15, 0.2) is 5.82 Å². The highest BCUT2D eigenvalue weighted by Crippen LogP contribution is 2.24. The average molecular weight is 517 g/mol. The van der Waals surface area contributed by atoms with Crippen molar-refractivity contribution in [3.05, 3.63) is 60.9 Å². The monoisotopic (exact) mass is 516 g/mol. The number of ether oxygens (including phenoxy) is 2. The second kappa shape index (κ2) is 16.6. The molecule has 0 spiro atoms. The van der Waals surface area contributed by atoms with Crippen molar-refractivity contribution in [2.45, 2.75) is 91.4 Å². The third-order valence-electron chi connectivity index (χ3n) is 6.81. The van der Waals surface area contributed by atoms with Crippen molar-refractivity contribution < 1.29 is 14.3 Å². The van der Waals surface area contributed by atoms with E-state index in [-0.39, 0.29) is 5.97 Å². The van der Waals surface area contributed by atoms with Crippen LogP contribution in [-0.4, -0.2) is 22.5 Å². The Morgan fingerprint density at radius 3 is 2.05 bits per heavy atom. The number of aromatic nitrogens is 2. The van der Waals surface area contributed by atoms with E-state index in [9.17, 15) is 4.79 Å². The van der Waals surface area contributed by atoms with Gasteiger partial charge in [-0.05, 0) is 60.7 Å². The summed E-state index contributed by atoms with van der Waals surface area (Å²) < 4.78 is 11.3. The van der Waals surface area contributed by atoms with Crippen molar-refractivity contribution >= 4 is 5.97 Å². The summed E-state index contributed by atoms with van der Waals surface area (Å²) in [5, 5.41) is 0. The number of nitrogens with zero attached hydrogens (tertiary/aromatic N) is 2. The van der Waals surface area contributed by atoms with Gasteiger partial charge in [0.25, 0.3) is 0 Å². The van der Waals surface area contributed by atoms with E-state index in [2.05, 4.69) is 30.7 Å². The zero-order chi connectivity index (χ0) is 27.0. The number of carbonyl (C=O) groups excluding carboxylic acids is 1. The molecule has 1 aromatic heterocycles. The van der Waals surface area contributed by atoms with E-state index >= 15 is 0 Å². The Balaban J connectivity index is 1.43. The molecule has 2 aromatic carbocycles. The fourth-order valence-corrected chi connectivity index (χ4v) is 4.52. The number of carbonyl (C=O) groups is 1. The van der Waals surface area contributed by atoms with Crippen LogP contribution in [0.5, 0.6) is 11.5 Å². The maximum Gasteiger partial charge on any atom is 0.311 e. The van der Waals surface area contributed by atoms with Crippen LogP contribution in [0.2, 0.25) is 0 Å². The molecular formula is C33H44N2O3. The van der Waals surface area contributed by atoms with Crippen molar-refractivity contribution in [2.24, 2.45) is 5.92 Å². The third kappa shape index (κ3) is 10.3. The molecule has 5 nitrogen and oxygen atoms in total. The van der Waals surface area contributed by atoms with Gasteiger partial charge < -0.3 is 9.47 Å². The second-order valence-electron chi connectivity index (χ2n) is 10.2. The molecule has 1 unspecified atom stereocenters. The predicted molar refractivity (Wildman–Crippen MR) is 155 cm³/mol. The van der Waals surface area contributed by atoms with Crippen LogP contribution in [-0.2, 0) is 4.79 Å². The first-order chi connectivity index (χ1) is 18.6. The number of rotatable bonds is 17. The second-order valence-corrected chi connectivity index (χ2v) is 10.2. The van der Waals surface area contributed by atoms with Crippen LogP contribution in [0, 0.1) is 5.92 Å². The molecule has 3 rings (SSSR count). The molecular weight excluding hydrogens is 472 g/mol. The lowest BCUT2D eigenvalue weighted by atomic mass is 9.98. The minimum absolute atomic E-state index is 0.167. The number of hydrogen-bond donors (Lipinski definition) is 0. The quantitative estimate of drug-likeness (QED) is 0.102. The Morgan fingerprint density at radius 2 is 1.37 bits per heavy atom. The molecule has 1 atom stereocenters. The van der Waals surface area contributed by atoms with Gasteiger partial charge in [-0.3, -0.25) is 4.79 Å². The third-order valence-corrected chi connectivity index (χ3v) is 6.81. The zero-order valence-electron chi connectivity index (χ0n) is 23.5. The fourth-order valence-electron chi connectivity index (χ4n) is 4.52. The van der Waals surface area contributed by atoms with Gasteiger partial charge in [-0.15, -0.1) is 0 Å². The summed E-state index contributed by atoms with van der Waals surface area (Å²) in [7, 11) is 0. The lowest BCUT2D eigenvalue weighted by Crippen LogP contribution is -2.07. The Kier molecular flexibility index (Phi) is 12.8. The molecule has 38 heavy (non-hydrogen) atoms. The van der Waals surface area contributed by atoms with Crippen LogP contribution in [0.15, 0.2) is 60.9 Å². The molecule has 0 fully saturated rings. The Morgan fingerprint density at radius 1 is 0.711 bits per heavy atom. The molecule has 1 heterocycles. The molecule has 5 heteroatoms. The molecule has 0 aliphatic carbocycles. The lowest BCUT2D eigenvalue weighted by Gasteiger charge is -2.09. The van der Waals surface area contributed by atoms with E-state index in [1.807, 2.05) is 60.9 Å². The summed E-state index contributed by atoms with van der Waals surface area (Å²) in [4.78, 5) is 21.3. The van der Waals surface area contributed by atoms with Crippen LogP contribution in [0.4, 0.5) is 0 Å². The van der Waals surface area contributed by atoms with Gasteiger partial charge >= 0.3 is 5.97 Å². The number of unbranched alkanes of at least 4 members (excludes halogenated alkanes) is 5. The maximum absolute atomic E-state index is 12.2. The van der Waals surface area contributed by atoms with E-state index in [1.165, 1.54) is 44.9 Å². The highest BCUT2D eigenvalue weighted by Gasteiger charge is 2.08. The van der Waals surface area contributed by atoms with Crippen molar-refractivity contribution in [3.8, 4) is 34.0 Å². The molecule has 0 saturated carbocycles. The molecule has 0 bridgehead atoms. The number of esters is 1. The summed E-state index contributed by atoms with van der Waals surface area (Å²) in [5.74, 6) is 2.73. The molecule has 204 valence electrons. The normalized spacial score (nSPS) is 11.8. The summed E-state index contributed by atoms with van der Waals surface area (Å²) in [5.41, 5.74) is 2.84. The van der Waals surface area contributed by atoms with Crippen LogP contribution < -0.4 is 9.47 Å². The number of benzene rings is 2. The van der Waals surface area contributed by atoms with Crippen LogP contribution in [0.25, 0.3) is 22.5 Å². The fraction of sp³-hybridized carbons (Fsp3) is 0.485. The van der Waals surface area contributed by atoms with E-state index in [4.69, 9.17) is 9.47 Å². The molecule has 0 aliphatic heterocycles. The summed E-state index contributed by atoms with van der Waals surface area (Å²) in [6.07, 6.45) is 15.8. The maximum atomic E-state index is 12.2. The summed E-state index contributed by atoms with van der Waals surface area (Å²) >= 11 is 0. The van der Waals surface area contributed by atoms with Crippen LogP contribution in [0.1, 0.15) is 91.4 Å². The van der Waals surface area contributed by atoms with Gasteiger partial charge in [-0.25, -0.2) is 9.97 Å². The molecule has 0 N–H and O–H groups in total. The standard InChI is InChI=1S/C33H44N2O3/c1-4-6-7-11-23-37-30-19-17-28(18-20-30)33-34-24-29(25-35-33)27-15-21-31(22-16-27)38-32(36)14-10-8-9-13-26(3)12-5-2/h15-22,24-26H,4-14,23H2,1-3H3. The highest BCUT2D eigenvalue weighted by molar-refractivity contribution is 5.73. The zero-order valence-corrected chi connectivity index (χ0v) is 23.5. The summed E-state index contributed by atoms with van der Waals surface area (Å²) in [6, 6.07) is 15.5. The van der Waals surface area contributed by atoms with E-state index in [1.54, 1.807) is 0 Å². The van der Waals surface area contributed by atoms with E-state index in [0.717, 1.165) is 54.2 Å². The largest absolute Gasteiger partial charge is 0.494 e. The molecule has 0 saturated heterocycles. The predicted octanol–water partition coefficient (Wildman–Crippen LogP) is 9.06. The van der Waals surface area contributed by atoms with Crippen molar-refractivity contribution in [1.29, 1.82) is 0 Å². The number of hydrogen-bond acceptors (Lipinski definition) is 5. The first kappa shape index (κ1) is 29.3.